The first-order valence-electron chi connectivity index (χ1n) is 19.5. The summed E-state index contributed by atoms with van der Waals surface area (Å²) in [5, 5.41) is 13.9. The molecule has 306 valence electrons. The Hall–Kier alpha value is -5.06. The van der Waals surface area contributed by atoms with E-state index < -0.39 is 39.2 Å². The van der Waals surface area contributed by atoms with Crippen LogP contribution in [0.25, 0.3) is 0 Å². The largest absolute Gasteiger partial charge is 0.484 e. The third-order valence-corrected chi connectivity index (χ3v) is 19.8. The van der Waals surface area contributed by atoms with Crippen LogP contribution in [0.1, 0.15) is 44.5 Å². The van der Waals surface area contributed by atoms with Gasteiger partial charge in [0, 0.05) is 25.4 Å². The molecule has 0 radical (unpaired) electrons. The lowest BCUT2D eigenvalue weighted by molar-refractivity contribution is -0.156. The highest BCUT2D eigenvalue weighted by Crippen LogP contribution is 2.50. The van der Waals surface area contributed by atoms with Gasteiger partial charge in [-0.3, -0.25) is 14.4 Å². The molecule has 0 saturated carbocycles. The molecule has 1 fully saturated rings. The Morgan fingerprint density at radius 2 is 1.40 bits per heavy atom. The monoisotopic (exact) mass is 822 g/mol. The van der Waals surface area contributed by atoms with E-state index >= 15 is 4.79 Å². The van der Waals surface area contributed by atoms with E-state index in [1.165, 1.54) is 6.08 Å². The van der Waals surface area contributed by atoms with Gasteiger partial charge in [-0.25, -0.2) is 4.79 Å². The number of amides is 2. The summed E-state index contributed by atoms with van der Waals surface area (Å²) in [6.07, 6.45) is 0.815. The van der Waals surface area contributed by atoms with Crippen LogP contribution in [0.3, 0.4) is 0 Å². The summed E-state index contributed by atoms with van der Waals surface area (Å²) < 4.78 is 18.4. The van der Waals surface area contributed by atoms with Crippen molar-refractivity contribution in [2.45, 2.75) is 64.4 Å². The lowest BCUT2D eigenvalue weighted by atomic mass is 9.79. The number of nitrogens with one attached hydrogen (secondary N) is 1. The van der Waals surface area contributed by atoms with Gasteiger partial charge in [0.2, 0.25) is 5.91 Å². The zero-order valence-electron chi connectivity index (χ0n) is 34.2. The molecule has 0 spiro atoms. The molecule has 1 heterocycles. The van der Waals surface area contributed by atoms with Gasteiger partial charge in [0.1, 0.15) is 17.8 Å². The maximum absolute atomic E-state index is 15.1. The summed E-state index contributed by atoms with van der Waals surface area (Å²) in [6.45, 7) is 12.7. The number of Topliss-reactive ketones (excluding diaryl/α,β-unsaturated/α-hetero) is 1. The van der Waals surface area contributed by atoms with E-state index in [4.69, 9.17) is 19.0 Å². The van der Waals surface area contributed by atoms with Crippen molar-refractivity contribution < 1.29 is 38.2 Å². The van der Waals surface area contributed by atoms with E-state index in [0.717, 1.165) is 15.9 Å². The molecule has 1 aliphatic rings. The number of nitrogens with zero attached hydrogens (tertiary/aromatic N) is 1. The van der Waals surface area contributed by atoms with Crippen LogP contribution in [0.4, 0.5) is 0 Å². The summed E-state index contributed by atoms with van der Waals surface area (Å²) in [7, 11) is -2.40. The van der Waals surface area contributed by atoms with Crippen LogP contribution in [0, 0.1) is 5.92 Å². The minimum Gasteiger partial charge on any atom is -0.484 e. The van der Waals surface area contributed by atoms with Gasteiger partial charge in [-0.1, -0.05) is 124 Å². The Bertz CT molecular complexity index is 2020. The molecule has 2 amide bonds. The maximum Gasteiger partial charge on any atom is 0.356 e. The number of carbonyl (C=O) groups is 4. The second-order valence-corrected chi connectivity index (χ2v) is 23.9. The van der Waals surface area contributed by atoms with Crippen molar-refractivity contribution in [3.8, 4) is 5.75 Å². The Labute approximate surface area is 343 Å². The first-order chi connectivity index (χ1) is 27.7. The minimum atomic E-state index is -3.22. The number of aliphatic hydroxyl groups is 1. The predicted molar refractivity (Wildman–Crippen MR) is 234 cm³/mol. The quantitative estimate of drug-likeness (QED) is 0.0320. The number of hydrogen-bond donors (Lipinski definition) is 2. The molecule has 5 rings (SSSR count). The molecule has 2 N–H and O–H groups in total. The molecule has 1 saturated heterocycles. The lowest BCUT2D eigenvalue weighted by Gasteiger charge is -2.53. The molecule has 4 aromatic rings. The van der Waals surface area contributed by atoms with Gasteiger partial charge in [-0.2, -0.15) is 0 Å². The average molecular weight is 823 g/mol. The zero-order valence-corrected chi connectivity index (χ0v) is 36.1. The number of likely N-dealkylation sites (tertiary alicyclic amines) is 1. The van der Waals surface area contributed by atoms with E-state index in [1.54, 1.807) is 29.2 Å². The molecule has 12 heteroatoms. The van der Waals surface area contributed by atoms with E-state index in [1.807, 2.05) is 97.9 Å². The second kappa shape index (κ2) is 19.1. The first kappa shape index (κ1) is 44.0. The van der Waals surface area contributed by atoms with E-state index in [2.05, 4.69) is 45.8 Å². The number of carbonyl (C=O) groups excluding carboxylic acids is 4. The first-order valence-corrected chi connectivity index (χ1v) is 24.2. The molecular weight excluding hydrogens is 768 g/mol. The Balaban J connectivity index is 1.71. The number of hydrogen-bond acceptors (Lipinski definition) is 8. The second-order valence-electron chi connectivity index (χ2n) is 15.8. The van der Waals surface area contributed by atoms with Gasteiger partial charge in [0.25, 0.3) is 5.91 Å². The van der Waals surface area contributed by atoms with Crippen molar-refractivity contribution in [3.05, 3.63) is 133 Å². The number of aliphatic hydroxyl groups excluding tert-OH is 1. The molecule has 10 nitrogen and oxygen atoms in total. The number of ketones is 1. The van der Waals surface area contributed by atoms with E-state index in [-0.39, 0.29) is 60.8 Å². The third-order valence-electron chi connectivity index (χ3n) is 10.9. The normalized spacial score (nSPS) is 16.1. The van der Waals surface area contributed by atoms with Gasteiger partial charge >= 0.3 is 5.97 Å². The molecule has 0 bridgehead atoms. The number of esters is 1. The van der Waals surface area contributed by atoms with Crippen molar-refractivity contribution in [2.75, 3.05) is 26.4 Å². The van der Waals surface area contributed by atoms with Crippen molar-refractivity contribution >= 4 is 60.1 Å². The Morgan fingerprint density at radius 3 is 1.86 bits per heavy atom. The molecule has 0 aliphatic carbocycles. The number of benzene rings is 4. The SMILES string of the molecule is C=CCOC(=O)C(N1C(=O)[C@H]([C@@H](C)O[Si](C)(C)C(C)(C)C)[C@H]1CC(=O)c1ccc(OCC(=O)NCCO)cc1)=P(c1ccccc1)(c1ccccc1)c1ccccc1. The summed E-state index contributed by atoms with van der Waals surface area (Å²) in [4.78, 5) is 58.0. The number of β-lactam (4-membered cyclic amide) rings is 1. The summed E-state index contributed by atoms with van der Waals surface area (Å²) in [6, 6.07) is 34.9. The highest BCUT2D eigenvalue weighted by Gasteiger charge is 2.57. The number of ether oxygens (including phenoxy) is 2. The number of rotatable bonds is 18. The lowest BCUT2D eigenvalue weighted by Crippen LogP contribution is -2.69. The highest BCUT2D eigenvalue weighted by molar-refractivity contribution is 7.96. The van der Waals surface area contributed by atoms with Gasteiger partial charge in [-0.05, 0) is 65.2 Å². The molecule has 0 aromatic heterocycles. The topological polar surface area (TPSA) is 131 Å². The van der Waals surface area contributed by atoms with Crippen molar-refractivity contribution in [3.63, 3.8) is 0 Å². The van der Waals surface area contributed by atoms with Crippen LogP contribution in [0.5, 0.6) is 5.75 Å². The smallest absolute Gasteiger partial charge is 0.356 e. The van der Waals surface area contributed by atoms with Gasteiger partial charge < -0.3 is 29.2 Å². The summed E-state index contributed by atoms with van der Waals surface area (Å²) in [5.41, 5.74) is 0.555. The standard InChI is InChI=1S/C46H55N2O8PSi/c1-8-30-54-45(53)44(57(36-18-12-9-13-19-36,37-20-14-10-15-21-37)38-22-16-11-17-23-38)48-39(42(43(48)52)33(2)56-58(6,7)46(3,4)5)31-40(50)34-24-26-35(27-25-34)55-32-41(51)47-28-29-49/h8-27,33,39,42,49H,1,28-32H2,2-7H3,(H,47,51)/t33-,39-,42-/m1/s1. The van der Waals surface area contributed by atoms with Crippen molar-refractivity contribution in [2.24, 2.45) is 5.92 Å². The molecule has 3 atom stereocenters. The molecule has 0 unspecified atom stereocenters. The fourth-order valence-electron chi connectivity index (χ4n) is 7.08. The van der Waals surface area contributed by atoms with Crippen LogP contribution in [-0.4, -0.2) is 85.8 Å². The van der Waals surface area contributed by atoms with Crippen LogP contribution < -0.4 is 26.0 Å². The Morgan fingerprint density at radius 1 is 0.879 bits per heavy atom. The van der Waals surface area contributed by atoms with Gasteiger partial charge in [0.05, 0.1) is 24.7 Å². The molecule has 58 heavy (non-hydrogen) atoms. The van der Waals surface area contributed by atoms with Crippen LogP contribution in [0.15, 0.2) is 128 Å². The van der Waals surface area contributed by atoms with Crippen LogP contribution in [0.2, 0.25) is 18.1 Å². The average Bonchev–Trinajstić information content (AvgIpc) is 3.21. The van der Waals surface area contributed by atoms with E-state index in [0.29, 0.717) is 11.3 Å². The van der Waals surface area contributed by atoms with Crippen LogP contribution in [-0.2, 0) is 23.5 Å². The van der Waals surface area contributed by atoms with Crippen LogP contribution >= 0.6 is 6.89 Å². The fourth-order valence-corrected chi connectivity index (χ4v) is 12.9. The molecule has 4 aromatic carbocycles. The van der Waals surface area contributed by atoms with Crippen molar-refractivity contribution in [1.29, 1.82) is 0 Å². The van der Waals surface area contributed by atoms with Gasteiger partial charge in [-0.15, -0.1) is 0 Å². The predicted octanol–water partition coefficient (Wildman–Crippen LogP) is 5.84. The summed E-state index contributed by atoms with van der Waals surface area (Å²) >= 11 is 0. The Kier molecular flexibility index (Phi) is 14.5. The van der Waals surface area contributed by atoms with Gasteiger partial charge in [0.15, 0.2) is 20.7 Å². The zero-order chi connectivity index (χ0) is 42.1. The third kappa shape index (κ3) is 9.45. The van der Waals surface area contributed by atoms with E-state index in [9.17, 15) is 14.4 Å². The molecular formula is C46H55N2O8PSi. The summed E-state index contributed by atoms with van der Waals surface area (Å²) in [5.74, 6) is -1.98. The highest BCUT2D eigenvalue weighted by atomic mass is 31.2. The fraction of sp³-hybridized carbons (Fsp3) is 0.326. The maximum atomic E-state index is 15.1. The minimum absolute atomic E-state index is 0.0852. The van der Waals surface area contributed by atoms with Crippen molar-refractivity contribution in [1.82, 2.24) is 10.2 Å². The molecule has 1 aliphatic heterocycles.